The molecule has 2 atom stereocenters. The highest BCUT2D eigenvalue weighted by atomic mass is 16.5. The first-order valence-electron chi connectivity index (χ1n) is 7.63. The van der Waals surface area contributed by atoms with Gasteiger partial charge in [-0.3, -0.25) is 9.59 Å². The maximum absolute atomic E-state index is 11.8. The van der Waals surface area contributed by atoms with Crippen LogP contribution >= 0.6 is 0 Å². The molecule has 1 aromatic rings. The van der Waals surface area contributed by atoms with Crippen molar-refractivity contribution in [1.82, 2.24) is 4.98 Å². The van der Waals surface area contributed by atoms with Gasteiger partial charge in [0.15, 0.2) is 0 Å². The number of esters is 1. The van der Waals surface area contributed by atoms with Gasteiger partial charge in [0, 0.05) is 13.0 Å². The van der Waals surface area contributed by atoms with Gasteiger partial charge in [-0.25, -0.2) is 4.98 Å². The van der Waals surface area contributed by atoms with Crippen LogP contribution in [0.2, 0.25) is 0 Å². The Bertz CT molecular complexity index is 574. The number of hydrogen-bond acceptors (Lipinski definition) is 5. The van der Waals surface area contributed by atoms with E-state index in [9.17, 15) is 9.59 Å². The molecule has 0 fully saturated rings. The van der Waals surface area contributed by atoms with Crippen molar-refractivity contribution in [2.75, 3.05) is 23.4 Å². The molecule has 1 amide bonds. The topological polar surface area (TPSA) is 71.5 Å². The summed E-state index contributed by atoms with van der Waals surface area (Å²) in [7, 11) is 0. The molecule has 22 heavy (non-hydrogen) atoms. The van der Waals surface area contributed by atoms with E-state index in [2.05, 4.69) is 24.1 Å². The van der Waals surface area contributed by atoms with E-state index in [0.717, 1.165) is 17.8 Å². The molecule has 1 aromatic heterocycles. The number of nitrogens with one attached hydrogen (secondary N) is 1. The molecule has 1 aliphatic heterocycles. The Morgan fingerprint density at radius 3 is 2.77 bits per heavy atom. The molecule has 0 saturated carbocycles. The van der Waals surface area contributed by atoms with Crippen LogP contribution < -0.4 is 10.2 Å². The van der Waals surface area contributed by atoms with Crippen LogP contribution in [0.5, 0.6) is 0 Å². The van der Waals surface area contributed by atoms with Gasteiger partial charge in [-0.1, -0.05) is 13.0 Å². The molecule has 1 aliphatic rings. The fourth-order valence-corrected chi connectivity index (χ4v) is 2.87. The van der Waals surface area contributed by atoms with E-state index in [4.69, 9.17) is 4.74 Å². The first-order valence-corrected chi connectivity index (χ1v) is 7.63. The lowest BCUT2D eigenvalue weighted by molar-refractivity contribution is -0.141. The van der Waals surface area contributed by atoms with Gasteiger partial charge in [-0.2, -0.15) is 0 Å². The van der Waals surface area contributed by atoms with Crippen molar-refractivity contribution in [3.05, 3.63) is 17.7 Å². The number of anilines is 2. The second-order valence-electron chi connectivity index (χ2n) is 5.71. The van der Waals surface area contributed by atoms with Gasteiger partial charge in [0.25, 0.3) is 0 Å². The molecule has 6 heteroatoms. The highest BCUT2D eigenvalue weighted by molar-refractivity contribution is 5.88. The number of ether oxygens (including phenoxy) is 1. The maximum Gasteiger partial charge on any atom is 0.325 e. The number of aromatic nitrogens is 1. The van der Waals surface area contributed by atoms with Crippen molar-refractivity contribution >= 4 is 23.5 Å². The summed E-state index contributed by atoms with van der Waals surface area (Å²) in [4.78, 5) is 29.6. The molecule has 0 saturated heterocycles. The second kappa shape index (κ2) is 6.77. The number of carbonyl (C=O) groups excluding carboxylic acids is 2. The fraction of sp³-hybridized carbons (Fsp3) is 0.562. The van der Waals surface area contributed by atoms with Gasteiger partial charge in [0.05, 0.1) is 6.61 Å². The Labute approximate surface area is 130 Å². The lowest BCUT2D eigenvalue weighted by atomic mass is 9.89. The quantitative estimate of drug-likeness (QED) is 0.864. The fourth-order valence-electron chi connectivity index (χ4n) is 2.87. The Kier molecular flexibility index (Phi) is 5.00. The zero-order valence-corrected chi connectivity index (χ0v) is 13.5. The lowest BCUT2D eigenvalue weighted by Gasteiger charge is -2.38. The highest BCUT2D eigenvalue weighted by Gasteiger charge is 2.30. The molecule has 2 heterocycles. The van der Waals surface area contributed by atoms with Crippen LogP contribution in [0.3, 0.4) is 0 Å². The number of hydrogen-bond donors (Lipinski definition) is 1. The third-order valence-corrected chi connectivity index (χ3v) is 3.84. The predicted molar refractivity (Wildman–Crippen MR) is 85.0 cm³/mol. The molecule has 0 radical (unpaired) electrons. The third kappa shape index (κ3) is 3.55. The number of nitrogens with zero attached hydrogens (tertiary/aromatic N) is 2. The van der Waals surface area contributed by atoms with Gasteiger partial charge < -0.3 is 15.0 Å². The summed E-state index contributed by atoms with van der Waals surface area (Å²) >= 11 is 0. The molecule has 2 rings (SSSR count). The van der Waals surface area contributed by atoms with Crippen molar-refractivity contribution in [1.29, 1.82) is 0 Å². The summed E-state index contributed by atoms with van der Waals surface area (Å²) in [5.41, 5.74) is 1.09. The summed E-state index contributed by atoms with van der Waals surface area (Å²) in [5.74, 6) is 1.19. The Hall–Kier alpha value is -2.11. The molecule has 2 unspecified atom stereocenters. The van der Waals surface area contributed by atoms with Crippen LogP contribution in [0.1, 0.15) is 45.6 Å². The summed E-state index contributed by atoms with van der Waals surface area (Å²) in [6.45, 7) is 8.00. The maximum atomic E-state index is 11.8. The van der Waals surface area contributed by atoms with Crippen molar-refractivity contribution < 1.29 is 14.3 Å². The van der Waals surface area contributed by atoms with Crippen LogP contribution in [-0.4, -0.2) is 36.1 Å². The van der Waals surface area contributed by atoms with Crippen molar-refractivity contribution in [2.45, 2.75) is 46.1 Å². The Morgan fingerprint density at radius 1 is 1.41 bits per heavy atom. The van der Waals surface area contributed by atoms with Gasteiger partial charge in [0.2, 0.25) is 5.91 Å². The average molecular weight is 305 g/mol. The second-order valence-corrected chi connectivity index (χ2v) is 5.71. The molecule has 0 aromatic carbocycles. The number of rotatable bonds is 4. The highest BCUT2D eigenvalue weighted by Crippen LogP contribution is 2.37. The molecule has 1 N–H and O–H groups in total. The van der Waals surface area contributed by atoms with E-state index in [1.54, 1.807) is 13.0 Å². The monoisotopic (exact) mass is 305 g/mol. The number of carbonyl (C=O) groups is 2. The van der Waals surface area contributed by atoms with E-state index < -0.39 is 0 Å². The van der Waals surface area contributed by atoms with Gasteiger partial charge in [-0.05, 0) is 37.8 Å². The Balaban J connectivity index is 2.33. The first kappa shape index (κ1) is 16.3. The van der Waals surface area contributed by atoms with Crippen LogP contribution in [0.25, 0.3) is 0 Å². The van der Waals surface area contributed by atoms with Crippen LogP contribution in [-0.2, 0) is 14.3 Å². The van der Waals surface area contributed by atoms with Gasteiger partial charge in [-0.15, -0.1) is 0 Å². The molecule has 0 aliphatic carbocycles. The standard InChI is InChI=1S/C16H23N3O3/c1-5-22-15(21)9-19-11(3)8-10(2)13-6-7-14(17-12(4)20)18-16(13)19/h6-7,10-11H,5,8-9H2,1-4H3,(H,17,18,20). The smallest absolute Gasteiger partial charge is 0.325 e. The van der Waals surface area contributed by atoms with Crippen molar-refractivity contribution in [2.24, 2.45) is 0 Å². The van der Waals surface area contributed by atoms with Crippen molar-refractivity contribution in [3.63, 3.8) is 0 Å². The Morgan fingerprint density at radius 2 is 2.14 bits per heavy atom. The van der Waals surface area contributed by atoms with E-state index in [0.29, 0.717) is 18.3 Å². The summed E-state index contributed by atoms with van der Waals surface area (Å²) in [6.07, 6.45) is 0.952. The number of pyridine rings is 1. The van der Waals surface area contributed by atoms with E-state index in [1.807, 2.05) is 11.0 Å². The minimum absolute atomic E-state index is 0.165. The minimum Gasteiger partial charge on any atom is -0.465 e. The zero-order valence-electron chi connectivity index (χ0n) is 13.5. The zero-order chi connectivity index (χ0) is 16.3. The summed E-state index contributed by atoms with van der Waals surface area (Å²) < 4.78 is 5.05. The SMILES string of the molecule is CCOC(=O)CN1c2nc(NC(C)=O)ccc2C(C)CC1C. The van der Waals surface area contributed by atoms with E-state index in [-0.39, 0.29) is 24.5 Å². The van der Waals surface area contributed by atoms with E-state index in [1.165, 1.54) is 6.92 Å². The van der Waals surface area contributed by atoms with Crippen LogP contribution in [0.15, 0.2) is 12.1 Å². The third-order valence-electron chi connectivity index (χ3n) is 3.84. The molecule has 120 valence electrons. The summed E-state index contributed by atoms with van der Waals surface area (Å²) in [6, 6.07) is 3.96. The van der Waals surface area contributed by atoms with Crippen LogP contribution in [0, 0.1) is 0 Å². The van der Waals surface area contributed by atoms with Gasteiger partial charge in [0.1, 0.15) is 18.2 Å². The number of amides is 1. The van der Waals surface area contributed by atoms with Gasteiger partial charge >= 0.3 is 5.97 Å². The average Bonchev–Trinajstić information content (AvgIpc) is 2.43. The predicted octanol–water partition coefficient (Wildman–Crippen LogP) is 2.31. The molecule has 0 spiro atoms. The van der Waals surface area contributed by atoms with Crippen LogP contribution in [0.4, 0.5) is 11.6 Å². The molecule has 0 bridgehead atoms. The lowest BCUT2D eigenvalue weighted by Crippen LogP contribution is -2.43. The van der Waals surface area contributed by atoms with Crippen molar-refractivity contribution in [3.8, 4) is 0 Å². The molecular weight excluding hydrogens is 282 g/mol. The minimum atomic E-state index is -0.262. The molecule has 6 nitrogen and oxygen atoms in total. The normalized spacial score (nSPS) is 20.3. The largest absolute Gasteiger partial charge is 0.465 e. The van der Waals surface area contributed by atoms with E-state index >= 15 is 0 Å². The summed E-state index contributed by atoms with van der Waals surface area (Å²) in [5, 5.41) is 2.69. The number of fused-ring (bicyclic) bond motifs is 1. The molecular formula is C16H23N3O3. The first-order chi connectivity index (χ1) is 10.4.